The summed E-state index contributed by atoms with van der Waals surface area (Å²) in [6.07, 6.45) is 0.621. The lowest BCUT2D eigenvalue weighted by atomic mass is 10.1. The molecule has 2 atom stereocenters. The zero-order chi connectivity index (χ0) is 18.0. The van der Waals surface area contributed by atoms with Crippen molar-refractivity contribution in [3.05, 3.63) is 64.7 Å². The third-order valence-corrected chi connectivity index (χ3v) is 4.70. The maximum Gasteiger partial charge on any atom is 0.228 e. The first kappa shape index (κ1) is 17.2. The number of anilines is 1. The molecule has 0 spiro atoms. The first-order valence-corrected chi connectivity index (χ1v) is 8.65. The Bertz CT molecular complexity index is 796. The Morgan fingerprint density at radius 1 is 0.920 bits per heavy atom. The molecule has 25 heavy (non-hydrogen) atoms. The van der Waals surface area contributed by atoms with Gasteiger partial charge < -0.3 is 10.6 Å². The molecular weight excluding hydrogens is 312 g/mol. The minimum absolute atomic E-state index is 0.0401. The lowest BCUT2D eigenvalue weighted by Gasteiger charge is -2.09. The Balaban J connectivity index is 1.51. The third kappa shape index (κ3) is 4.27. The van der Waals surface area contributed by atoms with E-state index in [9.17, 15) is 9.59 Å². The zero-order valence-electron chi connectivity index (χ0n) is 14.9. The van der Waals surface area contributed by atoms with Crippen LogP contribution in [0.1, 0.15) is 28.7 Å². The third-order valence-electron chi connectivity index (χ3n) is 4.70. The first-order chi connectivity index (χ1) is 11.9. The van der Waals surface area contributed by atoms with Crippen molar-refractivity contribution in [3.63, 3.8) is 0 Å². The van der Waals surface area contributed by atoms with E-state index in [1.54, 1.807) is 0 Å². The summed E-state index contributed by atoms with van der Waals surface area (Å²) in [4.78, 5) is 24.6. The molecule has 2 amide bonds. The molecule has 130 valence electrons. The summed E-state index contributed by atoms with van der Waals surface area (Å²) in [5.41, 5.74) is 5.22. The van der Waals surface area contributed by atoms with E-state index in [2.05, 4.69) is 10.6 Å². The maximum absolute atomic E-state index is 12.4. The van der Waals surface area contributed by atoms with Gasteiger partial charge in [-0.25, -0.2) is 0 Å². The predicted octanol–water partition coefficient (Wildman–Crippen LogP) is 3.50. The Kier molecular flexibility index (Phi) is 4.88. The summed E-state index contributed by atoms with van der Waals surface area (Å²) < 4.78 is 0. The number of rotatable bonds is 5. The summed E-state index contributed by atoms with van der Waals surface area (Å²) in [6, 6.07) is 14.0. The average molecular weight is 336 g/mol. The monoisotopic (exact) mass is 336 g/mol. The van der Waals surface area contributed by atoms with Gasteiger partial charge in [0.15, 0.2) is 0 Å². The Hall–Kier alpha value is -2.62. The van der Waals surface area contributed by atoms with Crippen LogP contribution in [0.15, 0.2) is 42.5 Å². The minimum atomic E-state index is -0.224. The molecule has 0 radical (unpaired) electrons. The van der Waals surface area contributed by atoms with E-state index in [1.807, 2.05) is 63.2 Å². The van der Waals surface area contributed by atoms with Gasteiger partial charge in [0, 0.05) is 12.2 Å². The molecule has 1 aliphatic rings. The molecule has 0 aliphatic heterocycles. The second-order valence-electron chi connectivity index (χ2n) is 6.96. The molecule has 0 heterocycles. The fourth-order valence-electron chi connectivity index (χ4n) is 2.90. The van der Waals surface area contributed by atoms with Crippen LogP contribution in [-0.4, -0.2) is 11.8 Å². The van der Waals surface area contributed by atoms with Crippen molar-refractivity contribution >= 4 is 17.5 Å². The zero-order valence-corrected chi connectivity index (χ0v) is 14.9. The molecule has 4 heteroatoms. The molecule has 0 saturated heterocycles. The van der Waals surface area contributed by atoms with Gasteiger partial charge in [0.25, 0.3) is 0 Å². The van der Waals surface area contributed by atoms with Gasteiger partial charge >= 0.3 is 0 Å². The van der Waals surface area contributed by atoms with Crippen molar-refractivity contribution in [1.82, 2.24) is 5.32 Å². The minimum Gasteiger partial charge on any atom is -0.352 e. The molecule has 0 aromatic heterocycles. The van der Waals surface area contributed by atoms with Gasteiger partial charge in [-0.15, -0.1) is 0 Å². The van der Waals surface area contributed by atoms with Crippen molar-refractivity contribution in [3.8, 4) is 0 Å². The van der Waals surface area contributed by atoms with Crippen LogP contribution >= 0.6 is 0 Å². The number of aryl methyl sites for hydroxylation is 3. The average Bonchev–Trinajstić information content (AvgIpc) is 3.38. The van der Waals surface area contributed by atoms with Crippen LogP contribution in [0.2, 0.25) is 0 Å². The highest BCUT2D eigenvalue weighted by atomic mass is 16.2. The second kappa shape index (κ2) is 7.09. The van der Waals surface area contributed by atoms with Gasteiger partial charge in [-0.1, -0.05) is 42.0 Å². The van der Waals surface area contributed by atoms with Crippen molar-refractivity contribution in [1.29, 1.82) is 0 Å². The molecule has 0 bridgehead atoms. The van der Waals surface area contributed by atoms with Gasteiger partial charge in [0.2, 0.25) is 11.8 Å². The fourth-order valence-corrected chi connectivity index (χ4v) is 2.90. The topological polar surface area (TPSA) is 58.2 Å². The van der Waals surface area contributed by atoms with Crippen LogP contribution in [0.3, 0.4) is 0 Å². The van der Waals surface area contributed by atoms with Gasteiger partial charge in [0.1, 0.15) is 0 Å². The highest BCUT2D eigenvalue weighted by Gasteiger charge is 2.47. The van der Waals surface area contributed by atoms with E-state index in [4.69, 9.17) is 0 Å². The number of carbonyl (C=O) groups is 2. The van der Waals surface area contributed by atoms with E-state index in [-0.39, 0.29) is 23.7 Å². The standard InChI is InChI=1S/C21H24N2O2/c1-13-5-8-16(9-6-13)12-22-20(24)17-11-18(17)21(25)23-19-10-14(2)4-7-15(19)3/h4-10,17-18H,11-12H2,1-3H3,(H,22,24)(H,23,25). The molecule has 2 aromatic rings. The summed E-state index contributed by atoms with van der Waals surface area (Å²) >= 11 is 0. The first-order valence-electron chi connectivity index (χ1n) is 8.65. The molecule has 2 unspecified atom stereocenters. The molecule has 1 fully saturated rings. The smallest absolute Gasteiger partial charge is 0.228 e. The quantitative estimate of drug-likeness (QED) is 0.878. The highest BCUT2D eigenvalue weighted by molar-refractivity contribution is 5.99. The van der Waals surface area contributed by atoms with Gasteiger partial charge in [-0.2, -0.15) is 0 Å². The lowest BCUT2D eigenvalue weighted by Crippen LogP contribution is -2.27. The molecule has 4 nitrogen and oxygen atoms in total. The number of nitrogens with one attached hydrogen (secondary N) is 2. The molecule has 2 aromatic carbocycles. The summed E-state index contributed by atoms with van der Waals surface area (Å²) in [6.45, 7) is 6.49. The molecule has 3 rings (SSSR count). The second-order valence-corrected chi connectivity index (χ2v) is 6.96. The van der Waals surface area contributed by atoms with E-state index in [0.717, 1.165) is 22.4 Å². The van der Waals surface area contributed by atoms with Crippen LogP contribution in [0.25, 0.3) is 0 Å². The number of hydrogen-bond acceptors (Lipinski definition) is 2. The number of hydrogen-bond donors (Lipinski definition) is 2. The van der Waals surface area contributed by atoms with Gasteiger partial charge in [-0.05, 0) is 49.9 Å². The Morgan fingerprint density at radius 3 is 2.28 bits per heavy atom. The van der Waals surface area contributed by atoms with Crippen LogP contribution in [0.4, 0.5) is 5.69 Å². The van der Waals surface area contributed by atoms with Crippen LogP contribution in [0.5, 0.6) is 0 Å². The maximum atomic E-state index is 12.4. The summed E-state index contributed by atoms with van der Waals surface area (Å²) in [5.74, 6) is -0.542. The van der Waals surface area contributed by atoms with Crippen LogP contribution in [-0.2, 0) is 16.1 Å². The normalized spacial score (nSPS) is 18.5. The van der Waals surface area contributed by atoms with Gasteiger partial charge in [-0.3, -0.25) is 9.59 Å². The Labute approximate surface area is 148 Å². The van der Waals surface area contributed by atoms with Crippen LogP contribution < -0.4 is 10.6 Å². The summed E-state index contributed by atoms with van der Waals surface area (Å²) in [7, 11) is 0. The van der Waals surface area contributed by atoms with E-state index >= 15 is 0 Å². The van der Waals surface area contributed by atoms with E-state index in [1.165, 1.54) is 5.56 Å². The van der Waals surface area contributed by atoms with Crippen molar-refractivity contribution in [2.75, 3.05) is 5.32 Å². The van der Waals surface area contributed by atoms with E-state index in [0.29, 0.717) is 13.0 Å². The van der Waals surface area contributed by atoms with Crippen molar-refractivity contribution in [2.45, 2.75) is 33.7 Å². The molecular formula is C21H24N2O2. The fraction of sp³-hybridized carbons (Fsp3) is 0.333. The molecule has 2 N–H and O–H groups in total. The molecule has 1 aliphatic carbocycles. The predicted molar refractivity (Wildman–Crippen MR) is 99.2 cm³/mol. The van der Waals surface area contributed by atoms with Crippen molar-refractivity contribution in [2.24, 2.45) is 11.8 Å². The number of benzene rings is 2. The molecule has 1 saturated carbocycles. The Morgan fingerprint density at radius 2 is 1.56 bits per heavy atom. The van der Waals surface area contributed by atoms with Crippen molar-refractivity contribution < 1.29 is 9.59 Å². The summed E-state index contributed by atoms with van der Waals surface area (Å²) in [5, 5.41) is 5.89. The number of carbonyl (C=O) groups excluding carboxylic acids is 2. The lowest BCUT2D eigenvalue weighted by molar-refractivity contribution is -0.125. The van der Waals surface area contributed by atoms with Gasteiger partial charge in [0.05, 0.1) is 11.8 Å². The van der Waals surface area contributed by atoms with Crippen LogP contribution in [0, 0.1) is 32.6 Å². The SMILES string of the molecule is Cc1ccc(CNC(=O)C2CC2C(=O)Nc2cc(C)ccc2C)cc1. The highest BCUT2D eigenvalue weighted by Crippen LogP contribution is 2.39. The van der Waals surface area contributed by atoms with E-state index < -0.39 is 0 Å². The number of amides is 2. The largest absolute Gasteiger partial charge is 0.352 e.